The van der Waals surface area contributed by atoms with Gasteiger partial charge in [-0.1, -0.05) is 147 Å². The third kappa shape index (κ3) is 3.57. The molecule has 12 aromatic rings. The second kappa shape index (κ2) is 10.1. The van der Waals surface area contributed by atoms with Crippen molar-refractivity contribution in [2.24, 2.45) is 0 Å². The molecular formula is C51H32N4. The lowest BCUT2D eigenvalue weighted by atomic mass is 9.81. The molecule has 13 rings (SSSR count). The minimum absolute atomic E-state index is 0.176. The van der Waals surface area contributed by atoms with E-state index in [1.807, 2.05) is 0 Å². The summed E-state index contributed by atoms with van der Waals surface area (Å²) in [5, 5.41) is 10.9. The lowest BCUT2D eigenvalue weighted by molar-refractivity contribution is 0.664. The summed E-state index contributed by atoms with van der Waals surface area (Å²) in [5.74, 6) is 0.671. The van der Waals surface area contributed by atoms with Crippen molar-refractivity contribution < 1.29 is 0 Å². The van der Waals surface area contributed by atoms with Crippen LogP contribution in [0.1, 0.15) is 25.0 Å². The van der Waals surface area contributed by atoms with Gasteiger partial charge in [-0.05, 0) is 62.7 Å². The third-order valence-electron chi connectivity index (χ3n) is 12.6. The van der Waals surface area contributed by atoms with Gasteiger partial charge in [-0.2, -0.15) is 0 Å². The number of hydrogen-bond donors (Lipinski definition) is 0. The summed E-state index contributed by atoms with van der Waals surface area (Å²) in [6, 6.07) is 57.5. The Hall–Kier alpha value is -7.04. The fraction of sp³-hybridized carbons (Fsp3) is 0.0588. The summed E-state index contributed by atoms with van der Waals surface area (Å²) in [4.78, 5) is 10.9. The maximum Gasteiger partial charge on any atom is 0.235 e. The second-order valence-corrected chi connectivity index (χ2v) is 15.7. The Labute approximate surface area is 315 Å². The third-order valence-corrected chi connectivity index (χ3v) is 12.6. The summed E-state index contributed by atoms with van der Waals surface area (Å²) in [7, 11) is 0. The van der Waals surface area contributed by atoms with Gasteiger partial charge in [-0.3, -0.25) is 4.57 Å². The summed E-state index contributed by atoms with van der Waals surface area (Å²) in [6.45, 7) is 4.79. The molecule has 4 heteroatoms. The zero-order valence-electron chi connectivity index (χ0n) is 30.3. The van der Waals surface area contributed by atoms with Crippen LogP contribution in [0.2, 0.25) is 0 Å². The molecule has 8 aromatic carbocycles. The van der Waals surface area contributed by atoms with Crippen LogP contribution >= 0.6 is 0 Å². The highest BCUT2D eigenvalue weighted by Crippen LogP contribution is 2.54. The molecule has 0 bridgehead atoms. The van der Waals surface area contributed by atoms with Gasteiger partial charge in [0.2, 0.25) is 5.95 Å². The molecule has 55 heavy (non-hydrogen) atoms. The number of rotatable bonds is 2. The van der Waals surface area contributed by atoms with Crippen LogP contribution in [0.5, 0.6) is 0 Å². The Bertz CT molecular complexity index is 3620. The number of para-hydroxylation sites is 1. The van der Waals surface area contributed by atoms with E-state index >= 15 is 0 Å². The largest absolute Gasteiger partial charge is 0.308 e. The van der Waals surface area contributed by atoms with Crippen molar-refractivity contribution >= 4 is 81.6 Å². The van der Waals surface area contributed by atoms with Crippen LogP contribution < -0.4 is 0 Å². The van der Waals surface area contributed by atoms with Crippen LogP contribution in [0.3, 0.4) is 0 Å². The monoisotopic (exact) mass is 700 g/mol. The van der Waals surface area contributed by atoms with E-state index in [2.05, 4.69) is 181 Å². The molecule has 0 saturated carbocycles. The Kier molecular flexibility index (Phi) is 5.42. The van der Waals surface area contributed by atoms with Crippen LogP contribution in [0, 0.1) is 0 Å². The zero-order valence-corrected chi connectivity index (χ0v) is 30.3. The van der Waals surface area contributed by atoms with Gasteiger partial charge in [-0.15, -0.1) is 0 Å². The zero-order chi connectivity index (χ0) is 36.2. The number of benzene rings is 8. The predicted octanol–water partition coefficient (Wildman–Crippen LogP) is 13.0. The van der Waals surface area contributed by atoms with Gasteiger partial charge in [0.1, 0.15) is 0 Å². The summed E-state index contributed by atoms with van der Waals surface area (Å²) < 4.78 is 4.90. The molecule has 4 aromatic heterocycles. The van der Waals surface area contributed by atoms with Crippen LogP contribution in [0.25, 0.3) is 110 Å². The molecule has 0 unspecified atom stereocenters. The van der Waals surface area contributed by atoms with Crippen LogP contribution in [0.15, 0.2) is 158 Å². The molecule has 256 valence electrons. The average molecular weight is 701 g/mol. The molecule has 0 N–H and O–H groups in total. The number of fused-ring (bicyclic) bond motifs is 12. The Morgan fingerprint density at radius 1 is 0.455 bits per heavy atom. The van der Waals surface area contributed by atoms with Crippen molar-refractivity contribution in [3.63, 3.8) is 0 Å². The minimum atomic E-state index is -0.176. The van der Waals surface area contributed by atoms with Crippen molar-refractivity contribution in [1.29, 1.82) is 0 Å². The van der Waals surface area contributed by atoms with Crippen LogP contribution in [-0.4, -0.2) is 18.9 Å². The van der Waals surface area contributed by atoms with E-state index in [1.165, 1.54) is 76.5 Å². The molecule has 0 amide bonds. The number of nitrogens with zero attached hydrogens (tertiary/aromatic N) is 4. The van der Waals surface area contributed by atoms with Gasteiger partial charge in [-0.25, -0.2) is 9.97 Å². The first-order valence-electron chi connectivity index (χ1n) is 19.1. The number of aromatic nitrogens is 4. The fourth-order valence-corrected chi connectivity index (χ4v) is 10.4. The molecule has 0 aliphatic heterocycles. The van der Waals surface area contributed by atoms with E-state index in [0.29, 0.717) is 5.95 Å². The summed E-state index contributed by atoms with van der Waals surface area (Å²) in [6.07, 6.45) is 0. The average Bonchev–Trinajstić information content (AvgIpc) is 3.80. The Balaban J connectivity index is 1.23. The highest BCUT2D eigenvalue weighted by molar-refractivity contribution is 6.31. The van der Waals surface area contributed by atoms with E-state index in [4.69, 9.17) is 9.97 Å². The highest BCUT2D eigenvalue weighted by Gasteiger charge is 2.38. The first-order valence-corrected chi connectivity index (χ1v) is 19.1. The molecule has 4 nitrogen and oxygen atoms in total. The van der Waals surface area contributed by atoms with Gasteiger partial charge < -0.3 is 4.40 Å². The fourth-order valence-electron chi connectivity index (χ4n) is 10.4. The van der Waals surface area contributed by atoms with E-state index in [-0.39, 0.29) is 5.41 Å². The van der Waals surface area contributed by atoms with E-state index in [9.17, 15) is 0 Å². The second-order valence-electron chi connectivity index (χ2n) is 15.7. The molecule has 0 radical (unpaired) electrons. The van der Waals surface area contributed by atoms with Gasteiger partial charge in [0.05, 0.1) is 38.8 Å². The molecule has 0 spiro atoms. The molecular weight excluding hydrogens is 669 g/mol. The van der Waals surface area contributed by atoms with Gasteiger partial charge in [0.15, 0.2) is 0 Å². The normalized spacial score (nSPS) is 13.8. The molecule has 1 aliphatic rings. The van der Waals surface area contributed by atoms with E-state index < -0.39 is 0 Å². The number of hydrogen-bond acceptors (Lipinski definition) is 2. The van der Waals surface area contributed by atoms with Gasteiger partial charge >= 0.3 is 0 Å². The molecule has 0 fully saturated rings. The molecule has 0 saturated heterocycles. The highest BCUT2D eigenvalue weighted by atomic mass is 15.2. The first-order chi connectivity index (χ1) is 27.1. The molecule has 0 atom stereocenters. The smallest absolute Gasteiger partial charge is 0.235 e. The maximum atomic E-state index is 5.52. The first kappa shape index (κ1) is 29.4. The van der Waals surface area contributed by atoms with Crippen molar-refractivity contribution in [3.8, 4) is 28.3 Å². The van der Waals surface area contributed by atoms with E-state index in [1.54, 1.807) is 0 Å². The minimum Gasteiger partial charge on any atom is -0.308 e. The topological polar surface area (TPSA) is 35.1 Å². The summed E-state index contributed by atoms with van der Waals surface area (Å²) in [5.41, 5.74) is 14.1. The van der Waals surface area contributed by atoms with Crippen LogP contribution in [0.4, 0.5) is 0 Å². The van der Waals surface area contributed by atoms with Crippen molar-refractivity contribution in [2.45, 2.75) is 19.3 Å². The maximum absolute atomic E-state index is 5.52. The Morgan fingerprint density at radius 2 is 1.13 bits per heavy atom. The van der Waals surface area contributed by atoms with Crippen molar-refractivity contribution in [1.82, 2.24) is 18.9 Å². The van der Waals surface area contributed by atoms with Gasteiger partial charge in [0, 0.05) is 43.3 Å². The van der Waals surface area contributed by atoms with Crippen molar-refractivity contribution in [2.75, 3.05) is 0 Å². The molecule has 4 heterocycles. The SMILES string of the molecule is CC1(C)c2ccccc2-c2ccc3c4cccc5c6cccc7c6c6c(cccc6n(c3c21)c54)n7-c1nc(-c2ccccc2)c2c(ccc3ccccc32)n1. The lowest BCUT2D eigenvalue weighted by Gasteiger charge is -2.22. The standard InChI is InChI=1S/C51H32N4/c1-51(2)38-21-9-8-17-32(38)34-26-27-37-36-20-10-19-35-33-18-11-22-40-44(33)45-41(23-12-24-42(45)55(48(35)36)49(37)46(34)51)54(40)50-52-39-28-25-29-13-6-7-16-31(29)43(39)47(53-50)30-14-4-3-5-15-30/h3-28H,1-2H3. The van der Waals surface area contributed by atoms with Gasteiger partial charge in [0.25, 0.3) is 0 Å². The Morgan fingerprint density at radius 3 is 2.02 bits per heavy atom. The lowest BCUT2D eigenvalue weighted by Crippen LogP contribution is -2.16. The van der Waals surface area contributed by atoms with E-state index in [0.717, 1.165) is 38.6 Å². The van der Waals surface area contributed by atoms with Crippen molar-refractivity contribution in [3.05, 3.63) is 169 Å². The molecule has 1 aliphatic carbocycles. The van der Waals surface area contributed by atoms with Crippen LogP contribution in [-0.2, 0) is 5.41 Å². The summed E-state index contributed by atoms with van der Waals surface area (Å²) >= 11 is 0. The quantitative estimate of drug-likeness (QED) is 0.168. The predicted molar refractivity (Wildman–Crippen MR) is 229 cm³/mol.